The first-order valence-electron chi connectivity index (χ1n) is 9.46. The molecule has 0 bridgehead atoms. The number of nitrogens with one attached hydrogen (secondary N) is 1. The Bertz CT molecular complexity index is 878. The van der Waals surface area contributed by atoms with Gasteiger partial charge in [0.2, 0.25) is 5.91 Å². The van der Waals surface area contributed by atoms with Crippen molar-refractivity contribution < 1.29 is 14.3 Å². The van der Waals surface area contributed by atoms with E-state index in [4.69, 9.17) is 19.4 Å². The van der Waals surface area contributed by atoms with E-state index in [1.165, 1.54) is 34.0 Å². The summed E-state index contributed by atoms with van der Waals surface area (Å²) in [5.41, 5.74) is 1.09. The summed E-state index contributed by atoms with van der Waals surface area (Å²) in [4.78, 5) is 24.0. The van der Waals surface area contributed by atoms with Crippen LogP contribution < -0.4 is 5.32 Å². The van der Waals surface area contributed by atoms with Crippen LogP contribution in [0.5, 0.6) is 0 Å². The van der Waals surface area contributed by atoms with E-state index in [-0.39, 0.29) is 17.6 Å². The van der Waals surface area contributed by atoms with Gasteiger partial charge in [0.15, 0.2) is 5.16 Å². The predicted molar refractivity (Wildman–Crippen MR) is 114 cm³/mol. The van der Waals surface area contributed by atoms with Crippen molar-refractivity contribution in [3.05, 3.63) is 10.4 Å². The number of carbonyl (C=O) groups excluding carboxylic acids is 1. The molecule has 1 amide bonds. The van der Waals surface area contributed by atoms with E-state index >= 15 is 0 Å². The van der Waals surface area contributed by atoms with Crippen molar-refractivity contribution in [1.82, 2.24) is 15.3 Å². The van der Waals surface area contributed by atoms with Gasteiger partial charge in [-0.05, 0) is 38.5 Å². The molecule has 1 N–H and O–H groups in total. The Morgan fingerprint density at radius 2 is 2.25 bits per heavy atom. The van der Waals surface area contributed by atoms with Crippen LogP contribution >= 0.6 is 34.9 Å². The van der Waals surface area contributed by atoms with Crippen molar-refractivity contribution >= 4 is 51.0 Å². The molecule has 0 aromatic carbocycles. The molecular weight excluding hydrogens is 414 g/mol. The average molecular weight is 440 g/mol. The molecule has 6 nitrogen and oxygen atoms in total. The third-order valence-corrected chi connectivity index (χ3v) is 7.57. The number of carbonyl (C=O) groups is 1. The van der Waals surface area contributed by atoms with E-state index in [9.17, 15) is 4.79 Å². The summed E-state index contributed by atoms with van der Waals surface area (Å²) >= 11 is 4.71. The highest BCUT2D eigenvalue weighted by Gasteiger charge is 2.31. The Hall–Kier alpha value is -0.870. The first-order chi connectivity index (χ1) is 13.4. The zero-order valence-electron chi connectivity index (χ0n) is 16.4. The van der Waals surface area contributed by atoms with Gasteiger partial charge >= 0.3 is 0 Å². The number of aromatic nitrogens is 2. The molecule has 1 saturated heterocycles. The first kappa shape index (κ1) is 20.4. The Morgan fingerprint density at radius 1 is 1.39 bits per heavy atom. The Labute approximate surface area is 177 Å². The third-order valence-electron chi connectivity index (χ3n) is 4.95. The summed E-state index contributed by atoms with van der Waals surface area (Å²) in [5, 5.41) is 5.74. The van der Waals surface area contributed by atoms with E-state index in [1.807, 2.05) is 6.26 Å². The van der Waals surface area contributed by atoms with E-state index in [0.29, 0.717) is 18.9 Å². The summed E-state index contributed by atoms with van der Waals surface area (Å²) in [5.74, 6) is 0.364. The van der Waals surface area contributed by atoms with Crippen molar-refractivity contribution in [3.63, 3.8) is 0 Å². The van der Waals surface area contributed by atoms with Crippen LogP contribution in [0.4, 0.5) is 0 Å². The molecule has 9 heteroatoms. The fourth-order valence-corrected chi connectivity index (χ4v) is 6.04. The molecule has 1 fully saturated rings. The number of rotatable bonds is 6. The minimum Gasteiger partial charge on any atom is -0.376 e. The molecule has 1 atom stereocenters. The maximum Gasteiger partial charge on any atom is 0.230 e. The van der Waals surface area contributed by atoms with Gasteiger partial charge in [-0.15, -0.1) is 11.3 Å². The highest BCUT2D eigenvalue weighted by Crippen LogP contribution is 2.42. The van der Waals surface area contributed by atoms with E-state index < -0.39 is 0 Å². The lowest BCUT2D eigenvalue weighted by Crippen LogP contribution is -2.33. The van der Waals surface area contributed by atoms with Gasteiger partial charge in [0, 0.05) is 29.8 Å². The number of hydrogen-bond donors (Lipinski definition) is 1. The SMILES string of the molecule is CSc1nc(SCC(=O)NC[C@@H]2CCCO2)c2c3c(sc2n1)COC(C)(C)C3. The van der Waals surface area contributed by atoms with Gasteiger partial charge in [0.05, 0.1) is 24.1 Å². The maximum absolute atomic E-state index is 12.3. The second-order valence-corrected chi connectivity index (χ2v) is 10.5. The molecule has 152 valence electrons. The number of hydrogen-bond acceptors (Lipinski definition) is 8. The van der Waals surface area contributed by atoms with Crippen molar-refractivity contribution in [3.8, 4) is 0 Å². The van der Waals surface area contributed by atoms with E-state index in [1.54, 1.807) is 11.3 Å². The van der Waals surface area contributed by atoms with E-state index in [2.05, 4.69) is 19.2 Å². The molecule has 4 heterocycles. The first-order valence-corrected chi connectivity index (χ1v) is 12.5. The number of amides is 1. The zero-order chi connectivity index (χ0) is 19.7. The minimum absolute atomic E-state index is 0.0192. The Morgan fingerprint density at radius 3 is 3.00 bits per heavy atom. The average Bonchev–Trinajstić information content (AvgIpc) is 3.30. The molecule has 0 spiro atoms. The Balaban J connectivity index is 1.53. The normalized spacial score (nSPS) is 21.0. The van der Waals surface area contributed by atoms with Crippen molar-refractivity contribution in [2.45, 2.75) is 61.6 Å². The molecule has 2 aliphatic heterocycles. The summed E-state index contributed by atoms with van der Waals surface area (Å²) in [6.07, 6.45) is 5.08. The molecule has 0 saturated carbocycles. The third kappa shape index (κ3) is 4.48. The number of thiophene rings is 1. The number of fused-ring (bicyclic) bond motifs is 3. The lowest BCUT2D eigenvalue weighted by molar-refractivity contribution is -0.119. The number of ether oxygens (including phenoxy) is 2. The van der Waals surface area contributed by atoms with Crippen molar-refractivity contribution in [1.29, 1.82) is 0 Å². The van der Waals surface area contributed by atoms with E-state index in [0.717, 1.165) is 46.3 Å². The lowest BCUT2D eigenvalue weighted by atomic mass is 9.95. The van der Waals surface area contributed by atoms with Crippen LogP contribution in [0.3, 0.4) is 0 Å². The van der Waals surface area contributed by atoms with Crippen LogP contribution in [0.15, 0.2) is 10.2 Å². The van der Waals surface area contributed by atoms with Crippen LogP contribution in [-0.2, 0) is 27.3 Å². The molecule has 2 aromatic rings. The number of nitrogens with zero attached hydrogens (tertiary/aromatic N) is 2. The zero-order valence-corrected chi connectivity index (χ0v) is 18.8. The topological polar surface area (TPSA) is 73.3 Å². The predicted octanol–water partition coefficient (Wildman–Crippen LogP) is 3.65. The molecule has 2 aliphatic rings. The van der Waals surface area contributed by atoms with Crippen LogP contribution in [-0.4, -0.2) is 52.7 Å². The van der Waals surface area contributed by atoms with Gasteiger partial charge in [0.1, 0.15) is 9.86 Å². The van der Waals surface area contributed by atoms with Gasteiger partial charge < -0.3 is 14.8 Å². The smallest absolute Gasteiger partial charge is 0.230 e. The fourth-order valence-electron chi connectivity index (χ4n) is 3.51. The minimum atomic E-state index is -0.195. The Kier molecular flexibility index (Phi) is 6.17. The summed E-state index contributed by atoms with van der Waals surface area (Å²) in [6, 6.07) is 0. The van der Waals surface area contributed by atoms with Crippen LogP contribution in [0.2, 0.25) is 0 Å². The summed E-state index contributed by atoms with van der Waals surface area (Å²) < 4.78 is 11.5. The number of thioether (sulfide) groups is 2. The maximum atomic E-state index is 12.3. The fraction of sp³-hybridized carbons (Fsp3) is 0.632. The standard InChI is InChI=1S/C19H25N3O3S3/c1-19(2)7-12-13(9-25-19)28-17-15(12)16(21-18(22-17)26-3)27-10-14(23)20-8-11-5-4-6-24-11/h11H,4-10H2,1-3H3,(H,20,23)/t11-/m0/s1. The van der Waals surface area contributed by atoms with Crippen molar-refractivity contribution in [2.24, 2.45) is 0 Å². The van der Waals surface area contributed by atoms with Crippen LogP contribution in [0.25, 0.3) is 10.2 Å². The lowest BCUT2D eigenvalue weighted by Gasteiger charge is -2.30. The van der Waals surface area contributed by atoms with Gasteiger partial charge in [0.25, 0.3) is 0 Å². The van der Waals surface area contributed by atoms with Gasteiger partial charge in [-0.25, -0.2) is 9.97 Å². The van der Waals surface area contributed by atoms with Gasteiger partial charge in [-0.2, -0.15) is 0 Å². The second-order valence-electron chi connectivity index (χ2n) is 7.65. The molecular formula is C19H25N3O3S3. The molecule has 0 aliphatic carbocycles. The van der Waals surface area contributed by atoms with Gasteiger partial charge in [-0.3, -0.25) is 4.79 Å². The molecule has 4 rings (SSSR count). The van der Waals surface area contributed by atoms with Crippen molar-refractivity contribution in [2.75, 3.05) is 25.2 Å². The molecule has 0 unspecified atom stereocenters. The summed E-state index contributed by atoms with van der Waals surface area (Å²) in [7, 11) is 0. The monoisotopic (exact) mass is 439 g/mol. The second kappa shape index (κ2) is 8.47. The van der Waals surface area contributed by atoms with Crippen LogP contribution in [0, 0.1) is 0 Å². The summed E-state index contributed by atoms with van der Waals surface area (Å²) in [6.45, 7) is 6.23. The highest BCUT2D eigenvalue weighted by molar-refractivity contribution is 8.00. The molecule has 28 heavy (non-hydrogen) atoms. The largest absolute Gasteiger partial charge is 0.376 e. The molecule has 2 aromatic heterocycles. The quantitative estimate of drug-likeness (QED) is 0.418. The van der Waals surface area contributed by atoms with Gasteiger partial charge in [-0.1, -0.05) is 23.5 Å². The molecule has 0 radical (unpaired) electrons. The van der Waals surface area contributed by atoms with Crippen LogP contribution in [0.1, 0.15) is 37.1 Å². The highest BCUT2D eigenvalue weighted by atomic mass is 32.2.